The highest BCUT2D eigenvalue weighted by Gasteiger charge is 2.19. The lowest BCUT2D eigenvalue weighted by Gasteiger charge is -2.05. The van der Waals surface area contributed by atoms with Gasteiger partial charge in [-0.3, -0.25) is 0 Å². The molecular formula is C18H14N2S. The van der Waals surface area contributed by atoms with Gasteiger partial charge < -0.3 is 4.98 Å². The fraction of sp³-hybridized carbons (Fsp3) is 0.0556. The van der Waals surface area contributed by atoms with Crippen molar-refractivity contribution in [2.45, 2.75) is 5.03 Å². The van der Waals surface area contributed by atoms with Crippen molar-refractivity contribution in [2.24, 2.45) is 0 Å². The van der Waals surface area contributed by atoms with E-state index in [-0.39, 0.29) is 0 Å². The standard InChI is InChI=1S/C18H14N2S/c1-21-18-15(12-19)16(13-8-4-2-5-9-13)17(20-18)14-10-6-3-7-11-14/h2-11,20H,1H3. The SMILES string of the molecule is CSc1[nH]c(-c2ccccc2)c(-c2ccccc2)c1C#N. The second-order valence-corrected chi connectivity index (χ2v) is 5.44. The van der Waals surface area contributed by atoms with E-state index in [1.54, 1.807) is 11.8 Å². The molecule has 1 heterocycles. The average molecular weight is 290 g/mol. The first-order valence-corrected chi connectivity index (χ1v) is 7.88. The van der Waals surface area contributed by atoms with Crippen LogP contribution in [-0.2, 0) is 0 Å². The van der Waals surface area contributed by atoms with E-state index in [1.165, 1.54) is 0 Å². The molecule has 0 radical (unpaired) electrons. The van der Waals surface area contributed by atoms with Crippen molar-refractivity contribution in [2.75, 3.05) is 6.26 Å². The summed E-state index contributed by atoms with van der Waals surface area (Å²) in [6, 6.07) is 22.5. The van der Waals surface area contributed by atoms with Crippen molar-refractivity contribution in [3.63, 3.8) is 0 Å². The van der Waals surface area contributed by atoms with Crippen LogP contribution in [0.25, 0.3) is 22.4 Å². The first-order valence-electron chi connectivity index (χ1n) is 6.66. The monoisotopic (exact) mass is 290 g/mol. The second kappa shape index (κ2) is 5.90. The van der Waals surface area contributed by atoms with Crippen molar-refractivity contribution in [1.29, 1.82) is 5.26 Å². The predicted octanol–water partition coefficient (Wildman–Crippen LogP) is 4.94. The molecule has 0 saturated heterocycles. The summed E-state index contributed by atoms with van der Waals surface area (Å²) in [5, 5.41) is 10.5. The van der Waals surface area contributed by atoms with Crippen molar-refractivity contribution in [3.8, 4) is 28.5 Å². The van der Waals surface area contributed by atoms with Crippen molar-refractivity contribution < 1.29 is 0 Å². The van der Waals surface area contributed by atoms with E-state index in [9.17, 15) is 5.26 Å². The van der Waals surface area contributed by atoms with Crippen LogP contribution >= 0.6 is 11.8 Å². The number of nitrogens with zero attached hydrogens (tertiary/aromatic N) is 1. The summed E-state index contributed by atoms with van der Waals surface area (Å²) in [5.41, 5.74) is 4.85. The zero-order valence-corrected chi connectivity index (χ0v) is 12.4. The zero-order chi connectivity index (χ0) is 14.7. The van der Waals surface area contributed by atoms with Crippen LogP contribution in [0.1, 0.15) is 5.56 Å². The van der Waals surface area contributed by atoms with Gasteiger partial charge in [-0.05, 0) is 17.4 Å². The molecule has 0 aliphatic carbocycles. The lowest BCUT2D eigenvalue weighted by molar-refractivity contribution is 1.19. The molecule has 0 spiro atoms. The molecule has 3 aromatic rings. The largest absolute Gasteiger partial charge is 0.348 e. The number of nitriles is 1. The Kier molecular flexibility index (Phi) is 3.81. The summed E-state index contributed by atoms with van der Waals surface area (Å²) in [6.45, 7) is 0. The van der Waals surface area contributed by atoms with Gasteiger partial charge in [0.15, 0.2) is 0 Å². The molecule has 0 aliphatic heterocycles. The van der Waals surface area contributed by atoms with Crippen LogP contribution in [0.3, 0.4) is 0 Å². The van der Waals surface area contributed by atoms with Gasteiger partial charge >= 0.3 is 0 Å². The molecule has 0 atom stereocenters. The summed E-state index contributed by atoms with van der Waals surface area (Å²) in [6.07, 6.45) is 1.98. The van der Waals surface area contributed by atoms with E-state index in [4.69, 9.17) is 0 Å². The fourth-order valence-electron chi connectivity index (χ4n) is 2.45. The van der Waals surface area contributed by atoms with Crippen LogP contribution in [0.2, 0.25) is 0 Å². The highest BCUT2D eigenvalue weighted by molar-refractivity contribution is 7.98. The first kappa shape index (κ1) is 13.5. The molecule has 0 saturated carbocycles. The Morgan fingerprint density at radius 3 is 2.00 bits per heavy atom. The minimum Gasteiger partial charge on any atom is -0.348 e. The number of rotatable bonds is 3. The molecule has 1 N–H and O–H groups in total. The smallest absolute Gasteiger partial charge is 0.103 e. The third kappa shape index (κ3) is 2.46. The van der Waals surface area contributed by atoms with Crippen molar-refractivity contribution in [3.05, 3.63) is 66.2 Å². The molecule has 3 rings (SSSR count). The minimum absolute atomic E-state index is 0.715. The van der Waals surface area contributed by atoms with E-state index >= 15 is 0 Å². The highest BCUT2D eigenvalue weighted by Crippen LogP contribution is 2.38. The molecule has 2 nitrogen and oxygen atoms in total. The van der Waals surface area contributed by atoms with Crippen LogP contribution in [0, 0.1) is 11.3 Å². The molecule has 0 amide bonds. The van der Waals surface area contributed by atoms with Gasteiger partial charge in [0, 0.05) is 5.56 Å². The fourth-order valence-corrected chi connectivity index (χ4v) is 3.01. The van der Waals surface area contributed by atoms with E-state index in [0.717, 1.165) is 27.4 Å². The topological polar surface area (TPSA) is 39.6 Å². The van der Waals surface area contributed by atoms with Crippen LogP contribution in [0.4, 0.5) is 0 Å². The number of thioether (sulfide) groups is 1. The summed E-state index contributed by atoms with van der Waals surface area (Å²) >= 11 is 1.57. The maximum absolute atomic E-state index is 9.57. The quantitative estimate of drug-likeness (QED) is 0.694. The number of benzene rings is 2. The lowest BCUT2D eigenvalue weighted by Crippen LogP contribution is -1.84. The highest BCUT2D eigenvalue weighted by atomic mass is 32.2. The molecule has 0 aliphatic rings. The normalized spacial score (nSPS) is 10.3. The van der Waals surface area contributed by atoms with Gasteiger partial charge in [-0.1, -0.05) is 60.7 Å². The van der Waals surface area contributed by atoms with E-state index < -0.39 is 0 Å². The number of hydrogen-bond acceptors (Lipinski definition) is 2. The number of nitrogens with one attached hydrogen (secondary N) is 1. The Bertz CT molecular complexity index is 783. The van der Waals surface area contributed by atoms with E-state index in [0.29, 0.717) is 5.56 Å². The second-order valence-electron chi connectivity index (χ2n) is 4.63. The third-order valence-electron chi connectivity index (χ3n) is 3.41. The third-order valence-corrected chi connectivity index (χ3v) is 4.12. The maximum atomic E-state index is 9.57. The molecular weight excluding hydrogens is 276 g/mol. The Balaban J connectivity index is 2.31. The summed E-state index contributed by atoms with van der Waals surface area (Å²) in [5.74, 6) is 0. The molecule has 0 unspecified atom stereocenters. The first-order chi connectivity index (χ1) is 10.3. The van der Waals surface area contributed by atoms with Crippen LogP contribution in [0.5, 0.6) is 0 Å². The minimum atomic E-state index is 0.715. The van der Waals surface area contributed by atoms with Gasteiger partial charge in [-0.15, -0.1) is 11.8 Å². The van der Waals surface area contributed by atoms with Gasteiger partial charge in [0.2, 0.25) is 0 Å². The van der Waals surface area contributed by atoms with E-state index in [1.807, 2.05) is 54.8 Å². The Morgan fingerprint density at radius 1 is 0.905 bits per heavy atom. The van der Waals surface area contributed by atoms with Gasteiger partial charge in [0.1, 0.15) is 6.07 Å². The molecule has 0 bridgehead atoms. The molecule has 0 fully saturated rings. The van der Waals surface area contributed by atoms with Crippen LogP contribution in [0.15, 0.2) is 65.7 Å². The lowest BCUT2D eigenvalue weighted by atomic mass is 9.98. The van der Waals surface area contributed by atoms with Crippen molar-refractivity contribution >= 4 is 11.8 Å². The number of H-pyrrole nitrogens is 1. The Morgan fingerprint density at radius 2 is 1.48 bits per heavy atom. The van der Waals surface area contributed by atoms with Crippen LogP contribution in [-0.4, -0.2) is 11.2 Å². The molecule has 2 aromatic carbocycles. The summed E-state index contributed by atoms with van der Waals surface area (Å²) in [4.78, 5) is 3.41. The summed E-state index contributed by atoms with van der Waals surface area (Å²) in [7, 11) is 0. The molecule has 3 heteroatoms. The van der Waals surface area contributed by atoms with Gasteiger partial charge in [0.25, 0.3) is 0 Å². The molecule has 21 heavy (non-hydrogen) atoms. The molecule has 102 valence electrons. The number of aromatic nitrogens is 1. The average Bonchev–Trinajstić information content (AvgIpc) is 2.95. The van der Waals surface area contributed by atoms with Crippen LogP contribution < -0.4 is 0 Å². The number of hydrogen-bond donors (Lipinski definition) is 1. The maximum Gasteiger partial charge on any atom is 0.103 e. The molecule has 1 aromatic heterocycles. The Hall–Kier alpha value is -2.44. The predicted molar refractivity (Wildman–Crippen MR) is 88.2 cm³/mol. The van der Waals surface area contributed by atoms with Gasteiger partial charge in [-0.2, -0.15) is 5.26 Å². The van der Waals surface area contributed by atoms with E-state index in [2.05, 4.69) is 23.2 Å². The summed E-state index contributed by atoms with van der Waals surface area (Å²) < 4.78 is 0. The zero-order valence-electron chi connectivity index (χ0n) is 11.6. The van der Waals surface area contributed by atoms with Gasteiger partial charge in [-0.25, -0.2) is 0 Å². The van der Waals surface area contributed by atoms with Gasteiger partial charge in [0.05, 0.1) is 16.3 Å². The number of aromatic amines is 1. The Labute approximate surface area is 128 Å². The van der Waals surface area contributed by atoms with Crippen molar-refractivity contribution in [1.82, 2.24) is 4.98 Å².